The summed E-state index contributed by atoms with van der Waals surface area (Å²) < 4.78 is 0.565. The number of thioether (sulfide) groups is 1. The van der Waals surface area contributed by atoms with Gasteiger partial charge in [-0.1, -0.05) is 67.2 Å². The van der Waals surface area contributed by atoms with Gasteiger partial charge in [-0.2, -0.15) is 0 Å². The third-order valence-corrected chi connectivity index (χ3v) is 5.26. The van der Waals surface area contributed by atoms with E-state index in [4.69, 9.17) is 12.2 Å². The van der Waals surface area contributed by atoms with Crippen LogP contribution in [0, 0.1) is 6.92 Å². The van der Waals surface area contributed by atoms with E-state index in [1.54, 1.807) is 4.90 Å². The van der Waals surface area contributed by atoms with Crippen LogP contribution in [0.15, 0.2) is 29.2 Å². The van der Waals surface area contributed by atoms with Crippen molar-refractivity contribution >= 4 is 46.2 Å². The zero-order valence-corrected chi connectivity index (χ0v) is 16.3. The van der Waals surface area contributed by atoms with Crippen molar-refractivity contribution in [1.29, 1.82) is 0 Å². The van der Waals surface area contributed by atoms with Crippen LogP contribution in [0.25, 0.3) is 6.08 Å². The molecule has 134 valence electrons. The summed E-state index contributed by atoms with van der Waals surface area (Å²) in [6, 6.07) is 8.01. The number of aryl methyl sites for hydroxylation is 1. The Morgan fingerprint density at radius 2 is 2.00 bits per heavy atom. The molecule has 0 saturated carbocycles. The Kier molecular flexibility index (Phi) is 7.65. The molecule has 1 aliphatic heterocycles. The van der Waals surface area contributed by atoms with Gasteiger partial charge in [-0.25, -0.2) is 0 Å². The van der Waals surface area contributed by atoms with Gasteiger partial charge in [0.2, 0.25) is 5.91 Å². The van der Waals surface area contributed by atoms with E-state index in [0.717, 1.165) is 24.9 Å². The standard InChI is InChI=1S/C19H24N2O2S2/c1-3-4-11-20-17(22)6-5-12-21-18(23)16(25-19(21)24)13-15-9-7-14(2)8-10-15/h7-10,13H,3-6,11-12H2,1-2H3,(H,20,22)/b16-13-. The van der Waals surface area contributed by atoms with Gasteiger partial charge in [-0.3, -0.25) is 14.5 Å². The van der Waals surface area contributed by atoms with Crippen molar-refractivity contribution in [3.63, 3.8) is 0 Å². The third-order valence-electron chi connectivity index (χ3n) is 3.89. The molecule has 4 nitrogen and oxygen atoms in total. The number of hydrogen-bond acceptors (Lipinski definition) is 4. The molecule has 25 heavy (non-hydrogen) atoms. The van der Waals surface area contributed by atoms with Crippen molar-refractivity contribution in [3.8, 4) is 0 Å². The van der Waals surface area contributed by atoms with Crippen LogP contribution in [-0.4, -0.2) is 34.1 Å². The van der Waals surface area contributed by atoms with Crippen LogP contribution in [-0.2, 0) is 9.59 Å². The zero-order chi connectivity index (χ0) is 18.2. The zero-order valence-electron chi connectivity index (χ0n) is 14.7. The smallest absolute Gasteiger partial charge is 0.266 e. The summed E-state index contributed by atoms with van der Waals surface area (Å²) >= 11 is 6.65. The number of carbonyl (C=O) groups is 2. The fourth-order valence-electron chi connectivity index (χ4n) is 2.40. The maximum Gasteiger partial charge on any atom is 0.266 e. The highest BCUT2D eigenvalue weighted by Gasteiger charge is 2.31. The van der Waals surface area contributed by atoms with Gasteiger partial charge in [0.15, 0.2) is 0 Å². The number of nitrogens with zero attached hydrogens (tertiary/aromatic N) is 1. The molecule has 1 saturated heterocycles. The summed E-state index contributed by atoms with van der Waals surface area (Å²) in [4.78, 5) is 26.5. The lowest BCUT2D eigenvalue weighted by Gasteiger charge is -2.14. The number of nitrogens with one attached hydrogen (secondary N) is 1. The van der Waals surface area contributed by atoms with E-state index in [9.17, 15) is 9.59 Å². The average Bonchev–Trinajstić information content (AvgIpc) is 2.84. The van der Waals surface area contributed by atoms with Crippen LogP contribution in [0.1, 0.15) is 43.7 Å². The van der Waals surface area contributed by atoms with E-state index < -0.39 is 0 Å². The lowest BCUT2D eigenvalue weighted by Crippen LogP contribution is -2.30. The van der Waals surface area contributed by atoms with E-state index in [0.29, 0.717) is 28.6 Å². The lowest BCUT2D eigenvalue weighted by atomic mass is 10.1. The van der Waals surface area contributed by atoms with Gasteiger partial charge in [0.1, 0.15) is 4.32 Å². The van der Waals surface area contributed by atoms with E-state index in [2.05, 4.69) is 12.2 Å². The summed E-state index contributed by atoms with van der Waals surface area (Å²) in [6.07, 6.45) is 4.95. The van der Waals surface area contributed by atoms with Gasteiger partial charge < -0.3 is 5.32 Å². The highest BCUT2D eigenvalue weighted by Crippen LogP contribution is 2.32. The Balaban J connectivity index is 1.86. The molecule has 0 aliphatic carbocycles. The average molecular weight is 377 g/mol. The maximum absolute atomic E-state index is 12.5. The van der Waals surface area contributed by atoms with Crippen molar-refractivity contribution in [2.75, 3.05) is 13.1 Å². The number of thiocarbonyl (C=S) groups is 1. The molecule has 6 heteroatoms. The third kappa shape index (κ3) is 5.97. The highest BCUT2D eigenvalue weighted by atomic mass is 32.2. The Bertz CT molecular complexity index is 669. The second-order valence-electron chi connectivity index (χ2n) is 6.05. The molecule has 0 bridgehead atoms. The van der Waals surface area contributed by atoms with Crippen molar-refractivity contribution in [2.45, 2.75) is 39.5 Å². The molecule has 2 amide bonds. The Labute approximate surface area is 159 Å². The molecule has 0 radical (unpaired) electrons. The summed E-state index contributed by atoms with van der Waals surface area (Å²) in [5.41, 5.74) is 2.17. The number of benzene rings is 1. The van der Waals surface area contributed by atoms with E-state index in [-0.39, 0.29) is 11.8 Å². The summed E-state index contributed by atoms with van der Waals surface area (Å²) in [5, 5.41) is 2.89. The Morgan fingerprint density at radius 3 is 2.68 bits per heavy atom. The number of carbonyl (C=O) groups excluding carboxylic acids is 2. The molecule has 1 aromatic carbocycles. The fraction of sp³-hybridized carbons (Fsp3) is 0.421. The fourth-order valence-corrected chi connectivity index (χ4v) is 3.71. The summed E-state index contributed by atoms with van der Waals surface area (Å²) in [7, 11) is 0. The first-order valence-electron chi connectivity index (χ1n) is 8.60. The second kappa shape index (κ2) is 9.73. The number of amides is 2. The SMILES string of the molecule is CCCCNC(=O)CCCN1C(=O)/C(=C/c2ccc(C)cc2)SC1=S. The van der Waals surface area contributed by atoms with Gasteiger partial charge in [0.25, 0.3) is 5.91 Å². The number of hydrogen-bond donors (Lipinski definition) is 1. The molecule has 0 unspecified atom stereocenters. The van der Waals surface area contributed by atoms with Gasteiger partial charge >= 0.3 is 0 Å². The topological polar surface area (TPSA) is 49.4 Å². The van der Waals surface area contributed by atoms with Crippen LogP contribution >= 0.6 is 24.0 Å². The van der Waals surface area contributed by atoms with Gasteiger partial charge in [0, 0.05) is 19.5 Å². The van der Waals surface area contributed by atoms with E-state index >= 15 is 0 Å². The van der Waals surface area contributed by atoms with Gasteiger partial charge in [0.05, 0.1) is 4.91 Å². The van der Waals surface area contributed by atoms with E-state index in [1.165, 1.54) is 17.3 Å². The van der Waals surface area contributed by atoms with Crippen LogP contribution < -0.4 is 5.32 Å². The molecular weight excluding hydrogens is 352 g/mol. The molecule has 1 aliphatic rings. The quantitative estimate of drug-likeness (QED) is 0.425. The largest absolute Gasteiger partial charge is 0.356 e. The van der Waals surface area contributed by atoms with Crippen LogP contribution in [0.5, 0.6) is 0 Å². The monoisotopic (exact) mass is 376 g/mol. The van der Waals surface area contributed by atoms with E-state index in [1.807, 2.05) is 37.3 Å². The minimum atomic E-state index is -0.0676. The molecule has 1 heterocycles. The predicted molar refractivity (Wildman–Crippen MR) is 108 cm³/mol. The molecule has 2 rings (SSSR count). The summed E-state index contributed by atoms with van der Waals surface area (Å²) in [6.45, 7) is 5.32. The van der Waals surface area contributed by atoms with Crippen molar-refractivity contribution in [1.82, 2.24) is 10.2 Å². The molecular formula is C19H24N2O2S2. The van der Waals surface area contributed by atoms with Crippen LogP contribution in [0.3, 0.4) is 0 Å². The van der Waals surface area contributed by atoms with Crippen LogP contribution in [0.2, 0.25) is 0 Å². The van der Waals surface area contributed by atoms with Crippen LogP contribution in [0.4, 0.5) is 0 Å². The molecule has 1 fully saturated rings. The maximum atomic E-state index is 12.5. The Morgan fingerprint density at radius 1 is 1.28 bits per heavy atom. The first-order chi connectivity index (χ1) is 12.0. The minimum absolute atomic E-state index is 0.0362. The minimum Gasteiger partial charge on any atom is -0.356 e. The predicted octanol–water partition coefficient (Wildman–Crippen LogP) is 3.89. The number of unbranched alkanes of at least 4 members (excludes halogenated alkanes) is 1. The first kappa shape index (κ1) is 19.7. The lowest BCUT2D eigenvalue weighted by molar-refractivity contribution is -0.124. The van der Waals surface area contributed by atoms with Crippen molar-refractivity contribution in [3.05, 3.63) is 40.3 Å². The second-order valence-corrected chi connectivity index (χ2v) is 7.73. The van der Waals surface area contributed by atoms with Crippen molar-refractivity contribution < 1.29 is 9.59 Å². The normalized spacial score (nSPS) is 15.9. The Hall–Kier alpha value is -1.66. The van der Waals surface area contributed by atoms with Gasteiger partial charge in [-0.15, -0.1) is 0 Å². The van der Waals surface area contributed by atoms with Gasteiger partial charge in [-0.05, 0) is 31.4 Å². The van der Waals surface area contributed by atoms with Crippen molar-refractivity contribution in [2.24, 2.45) is 0 Å². The highest BCUT2D eigenvalue weighted by molar-refractivity contribution is 8.26. The molecule has 1 N–H and O–H groups in total. The molecule has 0 atom stereocenters. The first-order valence-corrected chi connectivity index (χ1v) is 9.82. The number of rotatable bonds is 8. The molecule has 0 spiro atoms. The molecule has 0 aromatic heterocycles. The summed E-state index contributed by atoms with van der Waals surface area (Å²) in [5.74, 6) is -0.0314. The molecule has 1 aromatic rings.